The highest BCUT2D eigenvalue weighted by Gasteiger charge is 2.64. The largest absolute Gasteiger partial charge is 0.462 e. The lowest BCUT2D eigenvalue weighted by Gasteiger charge is -2.61. The van der Waals surface area contributed by atoms with Crippen molar-refractivity contribution in [3.8, 4) is 0 Å². The Morgan fingerprint density at radius 1 is 0.968 bits per heavy atom. The molecule has 4 fully saturated rings. The van der Waals surface area contributed by atoms with E-state index in [0.29, 0.717) is 11.3 Å². The molecule has 4 unspecified atom stereocenters. The average Bonchev–Trinajstić information content (AvgIpc) is 3.28. The number of ether oxygens (including phenoxy) is 3. The normalized spacial score (nSPS) is 47.7. The SMILES string of the molecule is CC(=O)OC1CC[C@@]2(C)C(=CCC3C2CC[C@@]2(C)C3CC[C@@H]2C2(C)OCCO2)C1(C)C. The van der Waals surface area contributed by atoms with E-state index in [-0.39, 0.29) is 28.7 Å². The van der Waals surface area contributed by atoms with Crippen molar-refractivity contribution in [3.63, 3.8) is 0 Å². The molecule has 7 atom stereocenters. The van der Waals surface area contributed by atoms with Gasteiger partial charge >= 0.3 is 5.97 Å². The van der Waals surface area contributed by atoms with Crippen LogP contribution in [0.2, 0.25) is 0 Å². The zero-order valence-electron chi connectivity index (χ0n) is 20.5. The first-order chi connectivity index (χ1) is 14.5. The van der Waals surface area contributed by atoms with Crippen LogP contribution >= 0.6 is 0 Å². The summed E-state index contributed by atoms with van der Waals surface area (Å²) in [4.78, 5) is 11.7. The van der Waals surface area contributed by atoms with Crippen LogP contribution in [0.15, 0.2) is 11.6 Å². The summed E-state index contributed by atoms with van der Waals surface area (Å²) >= 11 is 0. The fourth-order valence-corrected chi connectivity index (χ4v) is 9.38. The van der Waals surface area contributed by atoms with E-state index in [0.717, 1.165) is 43.8 Å². The molecular weight excluding hydrogens is 388 g/mol. The van der Waals surface area contributed by atoms with Gasteiger partial charge in [-0.3, -0.25) is 4.79 Å². The molecule has 174 valence electrons. The molecule has 3 saturated carbocycles. The summed E-state index contributed by atoms with van der Waals surface area (Å²) in [7, 11) is 0. The molecule has 1 aliphatic heterocycles. The van der Waals surface area contributed by atoms with Crippen LogP contribution in [0.3, 0.4) is 0 Å². The maximum atomic E-state index is 11.7. The average molecular weight is 431 g/mol. The summed E-state index contributed by atoms with van der Waals surface area (Å²) in [6.45, 7) is 14.9. The Kier molecular flexibility index (Phi) is 5.00. The van der Waals surface area contributed by atoms with Gasteiger partial charge in [-0.05, 0) is 80.5 Å². The second-order valence-electron chi connectivity index (χ2n) is 12.4. The first-order valence-corrected chi connectivity index (χ1v) is 12.7. The molecule has 0 amide bonds. The molecule has 31 heavy (non-hydrogen) atoms. The summed E-state index contributed by atoms with van der Waals surface area (Å²) in [5.74, 6) is 2.21. The van der Waals surface area contributed by atoms with E-state index in [2.05, 4.69) is 40.7 Å². The number of rotatable bonds is 2. The van der Waals surface area contributed by atoms with E-state index < -0.39 is 0 Å². The molecule has 0 aromatic carbocycles. The predicted octanol–water partition coefficient (Wildman–Crippen LogP) is 5.90. The molecule has 5 aliphatic rings. The molecule has 0 radical (unpaired) electrons. The molecule has 5 rings (SSSR count). The number of hydrogen-bond donors (Lipinski definition) is 0. The van der Waals surface area contributed by atoms with E-state index in [1.807, 2.05) is 0 Å². The molecule has 0 aromatic rings. The molecule has 4 heteroatoms. The molecule has 0 spiro atoms. The summed E-state index contributed by atoms with van der Waals surface area (Å²) in [6.07, 6.45) is 11.0. The third-order valence-corrected chi connectivity index (χ3v) is 10.7. The number of carbonyl (C=O) groups excluding carboxylic acids is 1. The Bertz CT molecular complexity index is 778. The van der Waals surface area contributed by atoms with Crippen molar-refractivity contribution in [2.75, 3.05) is 13.2 Å². The zero-order valence-corrected chi connectivity index (χ0v) is 20.5. The number of hydrogen-bond acceptors (Lipinski definition) is 4. The molecule has 0 N–H and O–H groups in total. The van der Waals surface area contributed by atoms with Crippen molar-refractivity contribution in [2.45, 2.75) is 98.4 Å². The van der Waals surface area contributed by atoms with Crippen LogP contribution in [0.4, 0.5) is 0 Å². The van der Waals surface area contributed by atoms with Gasteiger partial charge in [0.15, 0.2) is 5.79 Å². The van der Waals surface area contributed by atoms with Crippen LogP contribution in [0, 0.1) is 39.9 Å². The van der Waals surface area contributed by atoms with E-state index >= 15 is 0 Å². The van der Waals surface area contributed by atoms with Crippen LogP contribution in [0.1, 0.15) is 86.5 Å². The van der Waals surface area contributed by atoms with Gasteiger partial charge in [-0.1, -0.05) is 39.3 Å². The molecule has 4 nitrogen and oxygen atoms in total. The minimum Gasteiger partial charge on any atom is -0.462 e. The number of allylic oxidation sites excluding steroid dienone is 1. The van der Waals surface area contributed by atoms with E-state index in [4.69, 9.17) is 14.2 Å². The van der Waals surface area contributed by atoms with Crippen LogP contribution in [0.5, 0.6) is 0 Å². The van der Waals surface area contributed by atoms with Gasteiger partial charge in [0.05, 0.1) is 13.2 Å². The number of fused-ring (bicyclic) bond motifs is 5. The zero-order chi connectivity index (χ0) is 22.2. The Balaban J connectivity index is 1.44. The maximum absolute atomic E-state index is 11.7. The highest BCUT2D eigenvalue weighted by atomic mass is 16.7. The second-order valence-corrected chi connectivity index (χ2v) is 12.4. The minimum absolute atomic E-state index is 0.00204. The Labute approximate surface area is 188 Å². The summed E-state index contributed by atoms with van der Waals surface area (Å²) < 4.78 is 18.1. The molecular formula is C27H42O4. The lowest BCUT2D eigenvalue weighted by molar-refractivity contribution is -0.214. The number of carbonyl (C=O) groups is 1. The van der Waals surface area contributed by atoms with Crippen LogP contribution in [0.25, 0.3) is 0 Å². The van der Waals surface area contributed by atoms with Gasteiger partial charge in [0, 0.05) is 18.3 Å². The Morgan fingerprint density at radius 3 is 2.35 bits per heavy atom. The van der Waals surface area contributed by atoms with E-state index in [1.54, 1.807) is 12.5 Å². The fraction of sp³-hybridized carbons (Fsp3) is 0.889. The predicted molar refractivity (Wildman–Crippen MR) is 120 cm³/mol. The highest BCUT2D eigenvalue weighted by molar-refractivity contribution is 5.66. The lowest BCUT2D eigenvalue weighted by Crippen LogP contribution is -2.56. The summed E-state index contributed by atoms with van der Waals surface area (Å²) in [5.41, 5.74) is 2.02. The van der Waals surface area contributed by atoms with Crippen molar-refractivity contribution in [2.24, 2.45) is 39.9 Å². The third kappa shape index (κ3) is 3.03. The maximum Gasteiger partial charge on any atom is 0.302 e. The molecule has 4 aliphatic carbocycles. The van der Waals surface area contributed by atoms with Crippen molar-refractivity contribution >= 4 is 5.97 Å². The van der Waals surface area contributed by atoms with Crippen molar-refractivity contribution in [1.29, 1.82) is 0 Å². The molecule has 1 saturated heterocycles. The van der Waals surface area contributed by atoms with Crippen molar-refractivity contribution in [1.82, 2.24) is 0 Å². The lowest BCUT2D eigenvalue weighted by atomic mass is 9.44. The second kappa shape index (κ2) is 7.06. The molecule has 0 bridgehead atoms. The van der Waals surface area contributed by atoms with Crippen molar-refractivity contribution in [3.05, 3.63) is 11.6 Å². The van der Waals surface area contributed by atoms with Gasteiger partial charge in [0.25, 0.3) is 0 Å². The first kappa shape index (κ1) is 21.9. The van der Waals surface area contributed by atoms with Gasteiger partial charge in [0.2, 0.25) is 0 Å². The fourth-order valence-electron chi connectivity index (χ4n) is 9.38. The topological polar surface area (TPSA) is 44.8 Å². The Morgan fingerprint density at radius 2 is 1.68 bits per heavy atom. The first-order valence-electron chi connectivity index (χ1n) is 12.7. The van der Waals surface area contributed by atoms with E-state index in [1.165, 1.54) is 32.1 Å². The van der Waals surface area contributed by atoms with Gasteiger partial charge in [-0.2, -0.15) is 0 Å². The smallest absolute Gasteiger partial charge is 0.302 e. The van der Waals surface area contributed by atoms with Crippen LogP contribution in [-0.4, -0.2) is 31.1 Å². The van der Waals surface area contributed by atoms with Gasteiger partial charge in [-0.25, -0.2) is 0 Å². The highest BCUT2D eigenvalue weighted by Crippen LogP contribution is 2.69. The molecule has 0 aromatic heterocycles. The number of esters is 1. The molecule has 1 heterocycles. The van der Waals surface area contributed by atoms with Gasteiger partial charge in [0.1, 0.15) is 6.10 Å². The monoisotopic (exact) mass is 430 g/mol. The van der Waals surface area contributed by atoms with Crippen molar-refractivity contribution < 1.29 is 19.0 Å². The van der Waals surface area contributed by atoms with E-state index in [9.17, 15) is 4.79 Å². The Hall–Kier alpha value is -0.870. The summed E-state index contributed by atoms with van der Waals surface area (Å²) in [5, 5.41) is 0. The third-order valence-electron chi connectivity index (χ3n) is 10.7. The van der Waals surface area contributed by atoms with Gasteiger partial charge < -0.3 is 14.2 Å². The van der Waals surface area contributed by atoms with Gasteiger partial charge in [-0.15, -0.1) is 0 Å². The standard InChI is InChI=1S/C27H42O4/c1-17(28)31-23-12-14-25(4)20-11-13-26(5)19(18(20)7-9-21(25)24(23,2)3)8-10-22(26)27(6)29-15-16-30-27/h9,18-20,22-23H,7-8,10-16H2,1-6H3/t18?,19?,20?,22-,23?,25+,26-/m0/s1. The minimum atomic E-state index is -0.389. The quantitative estimate of drug-likeness (QED) is 0.404. The van der Waals surface area contributed by atoms with Crippen LogP contribution < -0.4 is 0 Å². The summed E-state index contributed by atoms with van der Waals surface area (Å²) in [6, 6.07) is 0. The van der Waals surface area contributed by atoms with Crippen LogP contribution in [-0.2, 0) is 19.0 Å².